The molecular weight excluding hydrogens is 273 g/mol. The summed E-state index contributed by atoms with van der Waals surface area (Å²) in [4.78, 5) is 5.12. The number of hydrogen-bond acceptors (Lipinski definition) is 3. The van der Waals surface area contributed by atoms with Gasteiger partial charge in [-0.3, -0.25) is 0 Å². The number of nitrogens with zero attached hydrogens (tertiary/aromatic N) is 1. The Morgan fingerprint density at radius 1 is 1.21 bits per heavy atom. The van der Waals surface area contributed by atoms with Gasteiger partial charge in [0.1, 0.15) is 5.01 Å². The van der Waals surface area contributed by atoms with Gasteiger partial charge in [0, 0.05) is 17.0 Å². The standard InChI is InChI=1S/C13H13F3N2S/c1-6(2)12-9(5-17)19-13(18-12)7-3-4-8(14)11(16)10(7)15/h3-4,6H,5,17H2,1-2H3. The van der Waals surface area contributed by atoms with Gasteiger partial charge in [0.15, 0.2) is 17.5 Å². The van der Waals surface area contributed by atoms with E-state index in [1.54, 1.807) is 0 Å². The molecule has 0 saturated carbocycles. The molecule has 1 heterocycles. The van der Waals surface area contributed by atoms with Gasteiger partial charge < -0.3 is 5.73 Å². The highest BCUT2D eigenvalue weighted by molar-refractivity contribution is 7.15. The second-order valence-corrected chi connectivity index (χ2v) is 5.49. The SMILES string of the molecule is CC(C)c1nc(-c2ccc(F)c(F)c2F)sc1CN. The fraction of sp³-hybridized carbons (Fsp3) is 0.308. The van der Waals surface area contributed by atoms with E-state index in [1.807, 2.05) is 13.8 Å². The lowest BCUT2D eigenvalue weighted by Gasteiger charge is -2.02. The predicted octanol–water partition coefficient (Wildman–Crippen LogP) is 3.81. The van der Waals surface area contributed by atoms with Gasteiger partial charge in [-0.05, 0) is 18.1 Å². The summed E-state index contributed by atoms with van der Waals surface area (Å²) in [7, 11) is 0. The third-order valence-electron chi connectivity index (χ3n) is 2.73. The second-order valence-electron chi connectivity index (χ2n) is 4.41. The minimum absolute atomic E-state index is 0.0366. The van der Waals surface area contributed by atoms with Crippen molar-refractivity contribution < 1.29 is 13.2 Å². The molecule has 0 aliphatic carbocycles. The Kier molecular flexibility index (Phi) is 3.91. The van der Waals surface area contributed by atoms with Crippen LogP contribution < -0.4 is 5.73 Å². The van der Waals surface area contributed by atoms with Crippen molar-refractivity contribution in [3.63, 3.8) is 0 Å². The van der Waals surface area contributed by atoms with Crippen molar-refractivity contribution in [2.45, 2.75) is 26.3 Å². The van der Waals surface area contributed by atoms with Crippen LogP contribution in [0, 0.1) is 17.5 Å². The van der Waals surface area contributed by atoms with Crippen LogP contribution in [0.25, 0.3) is 10.6 Å². The molecule has 1 aromatic heterocycles. The average Bonchev–Trinajstić information content (AvgIpc) is 2.80. The molecule has 0 aliphatic heterocycles. The van der Waals surface area contributed by atoms with Crippen LogP contribution in [0.4, 0.5) is 13.2 Å². The third kappa shape index (κ3) is 2.50. The summed E-state index contributed by atoms with van der Waals surface area (Å²) >= 11 is 1.20. The molecule has 0 amide bonds. The van der Waals surface area contributed by atoms with Crippen molar-refractivity contribution in [1.82, 2.24) is 4.98 Å². The molecule has 2 nitrogen and oxygen atoms in total. The van der Waals surface area contributed by atoms with Gasteiger partial charge in [-0.15, -0.1) is 11.3 Å². The minimum Gasteiger partial charge on any atom is -0.326 e. The van der Waals surface area contributed by atoms with E-state index in [1.165, 1.54) is 17.4 Å². The van der Waals surface area contributed by atoms with Crippen molar-refractivity contribution in [1.29, 1.82) is 0 Å². The first kappa shape index (κ1) is 14.0. The van der Waals surface area contributed by atoms with E-state index in [4.69, 9.17) is 5.73 Å². The topological polar surface area (TPSA) is 38.9 Å². The van der Waals surface area contributed by atoms with Gasteiger partial charge in [-0.2, -0.15) is 0 Å². The lowest BCUT2D eigenvalue weighted by Crippen LogP contribution is -1.99. The Morgan fingerprint density at radius 3 is 2.42 bits per heavy atom. The molecule has 102 valence electrons. The summed E-state index contributed by atoms with van der Waals surface area (Å²) in [6, 6.07) is 2.09. The first-order valence-corrected chi connectivity index (χ1v) is 6.60. The lowest BCUT2D eigenvalue weighted by molar-refractivity contribution is 0.449. The fourth-order valence-electron chi connectivity index (χ4n) is 1.77. The zero-order valence-corrected chi connectivity index (χ0v) is 11.3. The molecule has 0 radical (unpaired) electrons. The van der Waals surface area contributed by atoms with Gasteiger partial charge in [-0.25, -0.2) is 18.2 Å². The van der Waals surface area contributed by atoms with Crippen molar-refractivity contribution in [2.24, 2.45) is 5.73 Å². The zero-order valence-electron chi connectivity index (χ0n) is 10.5. The molecule has 0 saturated heterocycles. The smallest absolute Gasteiger partial charge is 0.195 e. The van der Waals surface area contributed by atoms with Crippen LogP contribution in [-0.2, 0) is 6.54 Å². The first-order chi connectivity index (χ1) is 8.95. The second kappa shape index (κ2) is 5.30. The van der Waals surface area contributed by atoms with Gasteiger partial charge in [0.05, 0.1) is 5.69 Å². The summed E-state index contributed by atoms with van der Waals surface area (Å²) in [6.45, 7) is 4.18. The zero-order chi connectivity index (χ0) is 14.2. The molecular formula is C13H13F3N2S. The van der Waals surface area contributed by atoms with Crippen LogP contribution in [0.5, 0.6) is 0 Å². The molecule has 0 fully saturated rings. The number of thiazole rings is 1. The molecule has 0 unspecified atom stereocenters. The molecule has 0 spiro atoms. The number of benzene rings is 1. The molecule has 19 heavy (non-hydrogen) atoms. The Balaban J connectivity index is 2.57. The Morgan fingerprint density at radius 2 is 1.89 bits per heavy atom. The van der Waals surface area contributed by atoms with Crippen molar-refractivity contribution >= 4 is 11.3 Å². The molecule has 0 bridgehead atoms. The van der Waals surface area contributed by atoms with Gasteiger partial charge >= 0.3 is 0 Å². The number of nitrogens with two attached hydrogens (primary N) is 1. The molecule has 0 aliphatic rings. The van der Waals surface area contributed by atoms with Crippen molar-refractivity contribution in [3.05, 3.63) is 40.2 Å². The van der Waals surface area contributed by atoms with E-state index < -0.39 is 17.5 Å². The van der Waals surface area contributed by atoms with Gasteiger partial charge in [-0.1, -0.05) is 13.8 Å². The van der Waals surface area contributed by atoms with Crippen LogP contribution >= 0.6 is 11.3 Å². The monoisotopic (exact) mass is 286 g/mol. The first-order valence-electron chi connectivity index (χ1n) is 5.79. The molecule has 2 rings (SSSR count). The average molecular weight is 286 g/mol. The van der Waals surface area contributed by atoms with E-state index in [9.17, 15) is 13.2 Å². The van der Waals surface area contributed by atoms with E-state index in [2.05, 4.69) is 4.98 Å². The minimum atomic E-state index is -1.48. The lowest BCUT2D eigenvalue weighted by atomic mass is 10.1. The summed E-state index contributed by atoms with van der Waals surface area (Å²) in [6.07, 6.45) is 0. The highest BCUT2D eigenvalue weighted by Gasteiger charge is 2.20. The maximum Gasteiger partial charge on any atom is 0.195 e. The Hall–Kier alpha value is -1.40. The number of hydrogen-bond donors (Lipinski definition) is 1. The summed E-state index contributed by atoms with van der Waals surface area (Å²) in [5, 5.41) is 0.320. The van der Waals surface area contributed by atoms with Crippen LogP contribution in [-0.4, -0.2) is 4.98 Å². The van der Waals surface area contributed by atoms with Crippen LogP contribution in [0.1, 0.15) is 30.3 Å². The summed E-state index contributed by atoms with van der Waals surface area (Å²) in [5.74, 6) is -3.77. The molecule has 6 heteroatoms. The van der Waals surface area contributed by atoms with Gasteiger partial charge in [0.2, 0.25) is 0 Å². The van der Waals surface area contributed by atoms with E-state index in [-0.39, 0.29) is 18.0 Å². The number of rotatable bonds is 3. The largest absolute Gasteiger partial charge is 0.326 e. The molecule has 2 N–H and O–H groups in total. The Labute approximate surface area is 113 Å². The molecule has 1 aromatic carbocycles. The van der Waals surface area contributed by atoms with Crippen LogP contribution in [0.3, 0.4) is 0 Å². The van der Waals surface area contributed by atoms with Crippen LogP contribution in [0.15, 0.2) is 12.1 Å². The normalized spacial score (nSPS) is 11.3. The van der Waals surface area contributed by atoms with E-state index >= 15 is 0 Å². The molecule has 2 aromatic rings. The van der Waals surface area contributed by atoms with Crippen molar-refractivity contribution in [2.75, 3.05) is 0 Å². The number of halogens is 3. The summed E-state index contributed by atoms with van der Waals surface area (Å²) in [5.41, 5.74) is 6.35. The fourth-order valence-corrected chi connectivity index (χ4v) is 2.88. The molecule has 0 atom stereocenters. The maximum atomic E-state index is 13.7. The van der Waals surface area contributed by atoms with Crippen molar-refractivity contribution in [3.8, 4) is 10.6 Å². The van der Waals surface area contributed by atoms with Crippen LogP contribution in [0.2, 0.25) is 0 Å². The number of aromatic nitrogens is 1. The van der Waals surface area contributed by atoms with E-state index in [0.29, 0.717) is 5.01 Å². The quantitative estimate of drug-likeness (QED) is 0.871. The van der Waals surface area contributed by atoms with Gasteiger partial charge in [0.25, 0.3) is 0 Å². The summed E-state index contributed by atoms with van der Waals surface area (Å²) < 4.78 is 39.8. The maximum absolute atomic E-state index is 13.7. The third-order valence-corrected chi connectivity index (χ3v) is 3.85. The highest BCUT2D eigenvalue weighted by atomic mass is 32.1. The van der Waals surface area contributed by atoms with E-state index in [0.717, 1.165) is 16.6 Å². The highest BCUT2D eigenvalue weighted by Crippen LogP contribution is 2.33. The Bertz CT molecular complexity index is 608. The predicted molar refractivity (Wildman–Crippen MR) is 69.4 cm³/mol.